The van der Waals surface area contributed by atoms with E-state index in [2.05, 4.69) is 6.58 Å². The highest BCUT2D eigenvalue weighted by molar-refractivity contribution is 7.25. The molecule has 0 saturated carbocycles. The Labute approximate surface area is 179 Å². The molecule has 0 atom stereocenters. The van der Waals surface area contributed by atoms with Crippen molar-refractivity contribution >= 4 is 53.1 Å². The fourth-order valence-electron chi connectivity index (χ4n) is 4.10. The van der Waals surface area contributed by atoms with Gasteiger partial charge in [0.15, 0.2) is 10.9 Å². The average molecular weight is 428 g/mol. The lowest BCUT2D eigenvalue weighted by Gasteiger charge is -2.05. The zero-order chi connectivity index (χ0) is 21.9. The van der Waals surface area contributed by atoms with Crippen LogP contribution in [0.5, 0.6) is 0 Å². The minimum atomic E-state index is -0.393. The number of thiophene rings is 1. The first-order chi connectivity index (χ1) is 14.9. The molecule has 0 aliphatic carbocycles. The van der Waals surface area contributed by atoms with Crippen molar-refractivity contribution in [1.29, 1.82) is 0 Å². The first-order valence-corrected chi connectivity index (χ1v) is 10.5. The molecule has 0 amide bonds. The van der Waals surface area contributed by atoms with Gasteiger partial charge in [-0.05, 0) is 24.1 Å². The molecule has 1 heterocycles. The van der Waals surface area contributed by atoms with Crippen LogP contribution in [0.3, 0.4) is 0 Å². The molecule has 4 aromatic carbocycles. The van der Waals surface area contributed by atoms with Gasteiger partial charge in [0.2, 0.25) is 10.9 Å². The van der Waals surface area contributed by atoms with Crippen molar-refractivity contribution < 1.29 is 4.74 Å². The smallest absolute Gasteiger partial charge is 0.204 e. The number of methoxy groups -OCH3 is 1. The highest BCUT2D eigenvalue weighted by atomic mass is 32.1. The summed E-state index contributed by atoms with van der Waals surface area (Å²) in [5.41, 5.74) is -0.581. The summed E-state index contributed by atoms with van der Waals surface area (Å²) in [5.74, 6) is 0.622. The van der Waals surface area contributed by atoms with Gasteiger partial charge < -0.3 is 4.74 Å². The number of allylic oxidation sites excluding steroid dienone is 1. The van der Waals surface area contributed by atoms with Gasteiger partial charge in [-0.15, -0.1) is 11.3 Å². The molecule has 0 aliphatic heterocycles. The van der Waals surface area contributed by atoms with Crippen LogP contribution in [-0.2, 0) is 11.2 Å². The van der Waals surface area contributed by atoms with Gasteiger partial charge in [0, 0.05) is 28.0 Å². The zero-order valence-corrected chi connectivity index (χ0v) is 17.4. The number of fused-ring (bicyclic) bond motifs is 5. The third-order valence-corrected chi connectivity index (χ3v) is 6.93. The molecule has 1 aromatic heterocycles. The van der Waals surface area contributed by atoms with E-state index >= 15 is 0 Å². The SMILES string of the molecule is C=C(CCc1ccc2c(=O)c3sc4c(=O)c5ccccc5c(=O)c4c3c(=O)c2c1)OC. The standard InChI is InChI=1S/C25H16O5S/c1-12(30-2)7-8-13-9-10-16-17(11-13)21(27)19-18-20(26)14-5-3-4-6-15(14)22(28)24(18)31-25(19)23(16)29/h3-6,9-11H,1,7-8H2,2H3. The Morgan fingerprint density at radius 3 is 1.97 bits per heavy atom. The fourth-order valence-corrected chi connectivity index (χ4v) is 5.30. The van der Waals surface area contributed by atoms with Crippen molar-refractivity contribution in [2.45, 2.75) is 12.8 Å². The molecule has 152 valence electrons. The summed E-state index contributed by atoms with van der Waals surface area (Å²) in [7, 11) is 1.55. The van der Waals surface area contributed by atoms with E-state index in [1.54, 1.807) is 49.6 Å². The lowest BCUT2D eigenvalue weighted by atomic mass is 9.99. The molecule has 0 fully saturated rings. The van der Waals surface area contributed by atoms with E-state index in [1.165, 1.54) is 0 Å². The summed E-state index contributed by atoms with van der Waals surface area (Å²) in [6.45, 7) is 3.80. The monoisotopic (exact) mass is 428 g/mol. The maximum absolute atomic E-state index is 13.4. The molecule has 31 heavy (non-hydrogen) atoms. The van der Waals surface area contributed by atoms with Crippen molar-refractivity contribution in [3.63, 3.8) is 0 Å². The second-order valence-corrected chi connectivity index (χ2v) is 8.52. The number of benzene rings is 4. The number of ether oxygens (including phenoxy) is 1. The van der Waals surface area contributed by atoms with E-state index in [1.807, 2.05) is 0 Å². The topological polar surface area (TPSA) is 77.5 Å². The van der Waals surface area contributed by atoms with Gasteiger partial charge in [-0.3, -0.25) is 19.2 Å². The Kier molecular flexibility index (Phi) is 4.34. The minimum Gasteiger partial charge on any atom is -0.502 e. The van der Waals surface area contributed by atoms with Crippen molar-refractivity contribution in [3.8, 4) is 0 Å². The van der Waals surface area contributed by atoms with Crippen molar-refractivity contribution in [2.75, 3.05) is 7.11 Å². The van der Waals surface area contributed by atoms with E-state index in [9.17, 15) is 19.2 Å². The molecule has 0 radical (unpaired) electrons. The van der Waals surface area contributed by atoms with Crippen LogP contribution in [-0.4, -0.2) is 7.11 Å². The average Bonchev–Trinajstić information content (AvgIpc) is 3.21. The molecular formula is C25H16O5S. The van der Waals surface area contributed by atoms with Gasteiger partial charge in [0.1, 0.15) is 0 Å². The minimum absolute atomic E-state index is 0.0591. The Hall–Kier alpha value is -3.64. The van der Waals surface area contributed by atoms with Crippen molar-refractivity contribution in [1.82, 2.24) is 0 Å². The summed E-state index contributed by atoms with van der Waals surface area (Å²) in [4.78, 5) is 52.8. The molecule has 5 nitrogen and oxygen atoms in total. The number of hydrogen-bond donors (Lipinski definition) is 0. The van der Waals surface area contributed by atoms with Crippen LogP contribution >= 0.6 is 11.3 Å². The van der Waals surface area contributed by atoms with E-state index in [4.69, 9.17) is 4.74 Å². The lowest BCUT2D eigenvalue weighted by molar-refractivity contribution is 0.279. The van der Waals surface area contributed by atoms with E-state index in [-0.39, 0.29) is 47.2 Å². The third kappa shape index (κ3) is 2.75. The zero-order valence-electron chi connectivity index (χ0n) is 16.6. The van der Waals surface area contributed by atoms with Gasteiger partial charge in [0.25, 0.3) is 0 Å². The van der Waals surface area contributed by atoms with Gasteiger partial charge in [-0.1, -0.05) is 36.9 Å². The van der Waals surface area contributed by atoms with E-state index in [0.29, 0.717) is 29.4 Å². The molecule has 0 N–H and O–H groups in total. The number of rotatable bonds is 4. The van der Waals surface area contributed by atoms with Crippen LogP contribution in [0.25, 0.3) is 41.7 Å². The lowest BCUT2D eigenvalue weighted by Crippen LogP contribution is -2.15. The van der Waals surface area contributed by atoms with E-state index < -0.39 is 5.43 Å². The first-order valence-electron chi connectivity index (χ1n) is 9.71. The molecule has 0 aliphatic rings. The van der Waals surface area contributed by atoms with Crippen molar-refractivity contribution in [3.05, 3.63) is 101 Å². The van der Waals surface area contributed by atoms with Crippen molar-refractivity contribution in [2.24, 2.45) is 0 Å². The molecule has 0 bridgehead atoms. The quantitative estimate of drug-likeness (QED) is 0.407. The van der Waals surface area contributed by atoms with Crippen LogP contribution < -0.4 is 21.7 Å². The predicted molar refractivity (Wildman–Crippen MR) is 126 cm³/mol. The van der Waals surface area contributed by atoms with Gasteiger partial charge in [0.05, 0.1) is 33.0 Å². The number of hydrogen-bond acceptors (Lipinski definition) is 6. The highest BCUT2D eigenvalue weighted by Gasteiger charge is 2.21. The van der Waals surface area contributed by atoms with Gasteiger partial charge >= 0.3 is 0 Å². The molecule has 5 rings (SSSR count). The first kappa shape index (κ1) is 19.3. The maximum atomic E-state index is 13.4. The summed E-state index contributed by atoms with van der Waals surface area (Å²) >= 11 is 0.941. The second kappa shape index (κ2) is 6.96. The highest BCUT2D eigenvalue weighted by Crippen LogP contribution is 2.29. The number of aryl methyl sites for hydroxylation is 1. The molecule has 5 aromatic rings. The Bertz CT molecular complexity index is 1770. The normalized spacial score (nSPS) is 11.6. The van der Waals surface area contributed by atoms with Crippen LogP contribution in [0.4, 0.5) is 0 Å². The predicted octanol–water partition coefficient (Wildman–Crippen LogP) is 3.77. The largest absolute Gasteiger partial charge is 0.502 e. The summed E-state index contributed by atoms with van der Waals surface area (Å²) in [5, 5.41) is 1.24. The fraction of sp³-hybridized carbons (Fsp3) is 0.120. The molecular weight excluding hydrogens is 412 g/mol. The molecule has 0 unspecified atom stereocenters. The van der Waals surface area contributed by atoms with Gasteiger partial charge in [-0.25, -0.2) is 0 Å². The van der Waals surface area contributed by atoms with Crippen LogP contribution in [0.1, 0.15) is 12.0 Å². The Morgan fingerprint density at radius 1 is 0.806 bits per heavy atom. The summed E-state index contributed by atoms with van der Waals surface area (Å²) < 4.78 is 5.42. The Morgan fingerprint density at radius 2 is 1.35 bits per heavy atom. The summed E-state index contributed by atoms with van der Waals surface area (Å²) in [6.07, 6.45) is 1.18. The second-order valence-electron chi connectivity index (χ2n) is 7.50. The van der Waals surface area contributed by atoms with Gasteiger partial charge in [-0.2, -0.15) is 0 Å². The van der Waals surface area contributed by atoms with E-state index in [0.717, 1.165) is 16.9 Å². The molecule has 6 heteroatoms. The molecule has 0 saturated heterocycles. The van der Waals surface area contributed by atoms with Crippen LogP contribution in [0, 0.1) is 0 Å². The van der Waals surface area contributed by atoms with Crippen LogP contribution in [0.15, 0.2) is 74.0 Å². The molecule has 0 spiro atoms. The van der Waals surface area contributed by atoms with Crippen LogP contribution in [0.2, 0.25) is 0 Å². The Balaban J connectivity index is 1.91. The summed E-state index contributed by atoms with van der Waals surface area (Å²) in [6, 6.07) is 11.7. The third-order valence-electron chi connectivity index (χ3n) is 5.75. The maximum Gasteiger partial charge on any atom is 0.204 e.